The molecular formula is C16H19F2NO3. The first kappa shape index (κ1) is 17.8. The van der Waals surface area contributed by atoms with E-state index in [2.05, 4.69) is 10.1 Å². The molecule has 0 heterocycles. The van der Waals surface area contributed by atoms with Crippen molar-refractivity contribution in [3.8, 4) is 0 Å². The predicted molar refractivity (Wildman–Crippen MR) is 78.1 cm³/mol. The van der Waals surface area contributed by atoms with Crippen molar-refractivity contribution >= 4 is 11.9 Å². The second-order valence-corrected chi connectivity index (χ2v) is 5.11. The summed E-state index contributed by atoms with van der Waals surface area (Å²) >= 11 is 0. The minimum Gasteiger partial charge on any atom is -0.467 e. The summed E-state index contributed by atoms with van der Waals surface area (Å²) in [6.45, 7) is 3.73. The quantitative estimate of drug-likeness (QED) is 0.649. The second-order valence-electron chi connectivity index (χ2n) is 5.11. The summed E-state index contributed by atoms with van der Waals surface area (Å²) in [5.41, 5.74) is 1.19. The van der Waals surface area contributed by atoms with Crippen molar-refractivity contribution in [2.75, 3.05) is 7.11 Å². The maximum atomic E-state index is 13.1. The van der Waals surface area contributed by atoms with E-state index in [0.717, 1.165) is 23.8 Å². The molecule has 0 radical (unpaired) electrons. The van der Waals surface area contributed by atoms with Gasteiger partial charge < -0.3 is 10.1 Å². The minimum absolute atomic E-state index is 0.195. The van der Waals surface area contributed by atoms with Gasteiger partial charge in [0.25, 0.3) is 0 Å². The van der Waals surface area contributed by atoms with Gasteiger partial charge in [-0.2, -0.15) is 0 Å². The van der Waals surface area contributed by atoms with Crippen molar-refractivity contribution in [1.82, 2.24) is 5.32 Å². The molecule has 120 valence electrons. The summed E-state index contributed by atoms with van der Waals surface area (Å²) in [6.07, 6.45) is 1.86. The topological polar surface area (TPSA) is 55.4 Å². The predicted octanol–water partition coefficient (Wildman–Crippen LogP) is 2.52. The average Bonchev–Trinajstić information content (AvgIpc) is 2.41. The molecule has 0 aliphatic carbocycles. The summed E-state index contributed by atoms with van der Waals surface area (Å²) in [5.74, 6) is -2.59. The largest absolute Gasteiger partial charge is 0.467 e. The monoisotopic (exact) mass is 311 g/mol. The Balaban J connectivity index is 2.73. The molecule has 0 aliphatic heterocycles. The van der Waals surface area contributed by atoms with E-state index in [-0.39, 0.29) is 18.4 Å². The highest BCUT2D eigenvalue weighted by Crippen LogP contribution is 2.09. The van der Waals surface area contributed by atoms with Gasteiger partial charge in [-0.05, 0) is 38.0 Å². The van der Waals surface area contributed by atoms with Crippen LogP contribution in [-0.4, -0.2) is 25.0 Å². The van der Waals surface area contributed by atoms with Crippen LogP contribution in [0, 0.1) is 11.6 Å². The molecule has 22 heavy (non-hydrogen) atoms. The van der Waals surface area contributed by atoms with E-state index in [9.17, 15) is 18.4 Å². The van der Waals surface area contributed by atoms with Gasteiger partial charge in [-0.1, -0.05) is 11.6 Å². The number of rotatable bonds is 6. The maximum Gasteiger partial charge on any atom is 0.328 e. The van der Waals surface area contributed by atoms with Gasteiger partial charge >= 0.3 is 5.97 Å². The number of halogens is 2. The number of carbonyl (C=O) groups excluding carboxylic acids is 2. The van der Waals surface area contributed by atoms with Crippen molar-refractivity contribution in [3.05, 3.63) is 47.0 Å². The van der Waals surface area contributed by atoms with Crippen molar-refractivity contribution in [3.63, 3.8) is 0 Å². The molecule has 0 spiro atoms. The van der Waals surface area contributed by atoms with Gasteiger partial charge in [0.05, 0.1) is 13.5 Å². The fraction of sp³-hybridized carbons (Fsp3) is 0.375. The van der Waals surface area contributed by atoms with E-state index in [1.54, 1.807) is 6.08 Å². The van der Waals surface area contributed by atoms with E-state index < -0.39 is 29.6 Å². The lowest BCUT2D eigenvalue weighted by Gasteiger charge is -2.15. The Labute approximate surface area is 128 Å². The number of amides is 1. The average molecular weight is 311 g/mol. The van der Waals surface area contributed by atoms with E-state index >= 15 is 0 Å². The number of allylic oxidation sites excluding steroid dienone is 1. The number of ether oxygens (including phenoxy) is 1. The third-order valence-corrected chi connectivity index (χ3v) is 2.87. The van der Waals surface area contributed by atoms with Crippen LogP contribution < -0.4 is 5.32 Å². The van der Waals surface area contributed by atoms with Gasteiger partial charge in [0, 0.05) is 6.07 Å². The Kier molecular flexibility index (Phi) is 6.69. The highest BCUT2D eigenvalue weighted by Gasteiger charge is 2.20. The van der Waals surface area contributed by atoms with Gasteiger partial charge in [0.15, 0.2) is 0 Å². The highest BCUT2D eigenvalue weighted by molar-refractivity contribution is 5.85. The van der Waals surface area contributed by atoms with Gasteiger partial charge in [-0.25, -0.2) is 13.6 Å². The van der Waals surface area contributed by atoms with Crippen LogP contribution in [0.1, 0.15) is 25.8 Å². The number of nitrogens with one attached hydrogen (secondary N) is 1. The Bertz CT molecular complexity index is 561. The first-order chi connectivity index (χ1) is 10.3. The van der Waals surface area contributed by atoms with Gasteiger partial charge in [-0.3, -0.25) is 4.79 Å². The van der Waals surface area contributed by atoms with Crippen molar-refractivity contribution in [2.24, 2.45) is 0 Å². The third-order valence-electron chi connectivity index (χ3n) is 2.87. The molecule has 0 fully saturated rings. The molecule has 0 saturated carbocycles. The molecule has 1 amide bonds. The van der Waals surface area contributed by atoms with Gasteiger partial charge in [0.2, 0.25) is 5.91 Å². The summed E-state index contributed by atoms with van der Waals surface area (Å²) in [6, 6.07) is 2.05. The molecule has 1 N–H and O–H groups in total. The van der Waals surface area contributed by atoms with Crippen molar-refractivity contribution in [2.45, 2.75) is 32.7 Å². The Morgan fingerprint density at radius 3 is 2.32 bits per heavy atom. The zero-order valence-corrected chi connectivity index (χ0v) is 12.8. The molecule has 0 saturated heterocycles. The van der Waals surface area contributed by atoms with E-state index in [4.69, 9.17) is 0 Å². The normalized spacial score (nSPS) is 11.5. The molecule has 1 rings (SSSR count). The number of benzene rings is 1. The van der Waals surface area contributed by atoms with Crippen LogP contribution in [0.4, 0.5) is 8.78 Å². The smallest absolute Gasteiger partial charge is 0.328 e. The Morgan fingerprint density at radius 2 is 1.82 bits per heavy atom. The van der Waals surface area contributed by atoms with Crippen LogP contribution in [0.15, 0.2) is 29.8 Å². The molecular weight excluding hydrogens is 292 g/mol. The molecule has 1 aromatic rings. The Morgan fingerprint density at radius 1 is 1.23 bits per heavy atom. The number of hydrogen-bond acceptors (Lipinski definition) is 3. The summed E-state index contributed by atoms with van der Waals surface area (Å²) < 4.78 is 30.8. The first-order valence-electron chi connectivity index (χ1n) is 6.77. The SMILES string of the molecule is COC(=O)[C@@H](CC=C(C)C)NC(=O)Cc1cc(F)cc(F)c1. The van der Waals surface area contributed by atoms with Gasteiger partial charge in [-0.15, -0.1) is 0 Å². The zero-order valence-electron chi connectivity index (χ0n) is 12.8. The van der Waals surface area contributed by atoms with Gasteiger partial charge in [0.1, 0.15) is 17.7 Å². The molecule has 0 aliphatic rings. The van der Waals surface area contributed by atoms with Crippen molar-refractivity contribution < 1.29 is 23.1 Å². The van der Waals surface area contributed by atoms with E-state index in [1.807, 2.05) is 13.8 Å². The zero-order chi connectivity index (χ0) is 16.7. The molecule has 1 aromatic carbocycles. The molecule has 6 heteroatoms. The standard InChI is InChI=1S/C16H19F2NO3/c1-10(2)4-5-14(16(21)22-3)19-15(20)8-11-6-12(17)9-13(18)7-11/h4,6-7,9,14H,5,8H2,1-3H3,(H,19,20)/t14-/m1/s1. The summed E-state index contributed by atoms with van der Waals surface area (Å²) in [5, 5.41) is 2.51. The molecule has 0 bridgehead atoms. The molecule has 1 atom stereocenters. The molecule has 4 nitrogen and oxygen atoms in total. The lowest BCUT2D eigenvalue weighted by molar-refractivity contribution is -0.144. The summed E-state index contributed by atoms with van der Waals surface area (Å²) in [4.78, 5) is 23.6. The lowest BCUT2D eigenvalue weighted by Crippen LogP contribution is -2.42. The van der Waals surface area contributed by atoms with Crippen LogP contribution in [0.2, 0.25) is 0 Å². The number of methoxy groups -OCH3 is 1. The highest BCUT2D eigenvalue weighted by atomic mass is 19.1. The summed E-state index contributed by atoms with van der Waals surface area (Å²) in [7, 11) is 1.23. The van der Waals surface area contributed by atoms with Crippen molar-refractivity contribution in [1.29, 1.82) is 0 Å². The minimum atomic E-state index is -0.828. The van der Waals surface area contributed by atoms with Crippen LogP contribution in [-0.2, 0) is 20.7 Å². The van der Waals surface area contributed by atoms with Crippen LogP contribution in [0.25, 0.3) is 0 Å². The van der Waals surface area contributed by atoms with E-state index in [1.165, 1.54) is 7.11 Å². The van der Waals surface area contributed by atoms with Crippen LogP contribution in [0.3, 0.4) is 0 Å². The number of carbonyl (C=O) groups is 2. The second kappa shape index (κ2) is 8.26. The fourth-order valence-electron chi connectivity index (χ4n) is 1.85. The number of esters is 1. The first-order valence-corrected chi connectivity index (χ1v) is 6.77. The third kappa shape index (κ3) is 6.03. The van der Waals surface area contributed by atoms with E-state index in [0.29, 0.717) is 0 Å². The molecule has 0 aromatic heterocycles. The fourth-order valence-corrected chi connectivity index (χ4v) is 1.85. The number of hydrogen-bond donors (Lipinski definition) is 1. The Hall–Kier alpha value is -2.24. The lowest BCUT2D eigenvalue weighted by atomic mass is 10.1. The van der Waals surface area contributed by atoms with Crippen LogP contribution >= 0.6 is 0 Å². The molecule has 0 unspecified atom stereocenters. The van der Waals surface area contributed by atoms with Crippen LogP contribution in [0.5, 0.6) is 0 Å². The maximum absolute atomic E-state index is 13.1.